The summed E-state index contributed by atoms with van der Waals surface area (Å²) in [7, 11) is -3.70. The van der Waals surface area contributed by atoms with E-state index < -0.39 is 33.2 Å². The molecular weight excluding hydrogens is 231 g/mol. The van der Waals surface area contributed by atoms with Crippen LogP contribution >= 0.6 is 0 Å². The Kier molecular flexibility index (Phi) is 3.23. The summed E-state index contributed by atoms with van der Waals surface area (Å²) >= 11 is 0. The van der Waals surface area contributed by atoms with E-state index in [2.05, 4.69) is 0 Å². The number of rotatable bonds is 3. The number of hydrogen-bond acceptors (Lipinski definition) is 2. The second-order valence-electron chi connectivity index (χ2n) is 2.73. The lowest BCUT2D eigenvalue weighted by Gasteiger charge is -2.07. The maximum atomic E-state index is 13.0. The molecule has 0 amide bonds. The van der Waals surface area contributed by atoms with Gasteiger partial charge in [0.2, 0.25) is 10.0 Å². The highest BCUT2D eigenvalue weighted by Crippen LogP contribution is 2.20. The van der Waals surface area contributed by atoms with Crippen LogP contribution in [0.4, 0.5) is 18.9 Å². The molecule has 0 aromatic heterocycles. The molecule has 1 rings (SSSR count). The van der Waals surface area contributed by atoms with Gasteiger partial charge in [-0.3, -0.25) is 4.72 Å². The summed E-state index contributed by atoms with van der Waals surface area (Å²) in [5, 5.41) is 0. The van der Waals surface area contributed by atoms with E-state index in [1.807, 2.05) is 0 Å². The van der Waals surface area contributed by atoms with Crippen LogP contribution in [0.3, 0.4) is 0 Å². The van der Waals surface area contributed by atoms with Crippen LogP contribution in [0.5, 0.6) is 0 Å². The monoisotopic (exact) mass is 239 g/mol. The summed E-state index contributed by atoms with van der Waals surface area (Å²) in [6.07, 6.45) is 0. The predicted octanol–water partition coefficient (Wildman–Crippen LogP) is 1.87. The highest BCUT2D eigenvalue weighted by atomic mass is 32.2. The zero-order valence-electron chi connectivity index (χ0n) is 7.72. The van der Waals surface area contributed by atoms with Gasteiger partial charge in [-0.15, -0.1) is 0 Å². The molecule has 0 heterocycles. The Bertz CT molecular complexity index is 473. The minimum atomic E-state index is -3.70. The number of hydrogen-bond donors (Lipinski definition) is 1. The number of nitrogens with one attached hydrogen (secondary N) is 1. The van der Waals surface area contributed by atoms with Gasteiger partial charge in [0.05, 0.1) is 11.4 Å². The number of benzene rings is 1. The van der Waals surface area contributed by atoms with Crippen LogP contribution in [-0.2, 0) is 10.0 Å². The summed E-state index contributed by atoms with van der Waals surface area (Å²) < 4.78 is 62.0. The third-order valence-electron chi connectivity index (χ3n) is 1.68. The average molecular weight is 239 g/mol. The molecule has 1 aromatic rings. The van der Waals surface area contributed by atoms with E-state index >= 15 is 0 Å². The number of sulfonamides is 1. The van der Waals surface area contributed by atoms with Crippen LogP contribution in [0.1, 0.15) is 6.92 Å². The van der Waals surface area contributed by atoms with Gasteiger partial charge in [-0.05, 0) is 19.1 Å². The van der Waals surface area contributed by atoms with Gasteiger partial charge in [-0.25, -0.2) is 21.6 Å². The Morgan fingerprint density at radius 3 is 2.33 bits per heavy atom. The van der Waals surface area contributed by atoms with E-state index in [1.54, 1.807) is 4.72 Å². The molecule has 0 aliphatic rings. The second-order valence-corrected chi connectivity index (χ2v) is 4.74. The lowest BCUT2D eigenvalue weighted by molar-refractivity contribution is 0.449. The normalized spacial score (nSPS) is 11.5. The topological polar surface area (TPSA) is 46.2 Å². The molecule has 0 bridgehead atoms. The fraction of sp³-hybridized carbons (Fsp3) is 0.250. The van der Waals surface area contributed by atoms with Crippen LogP contribution in [-0.4, -0.2) is 14.2 Å². The lowest BCUT2D eigenvalue weighted by Crippen LogP contribution is -2.16. The third kappa shape index (κ3) is 2.62. The molecule has 0 aliphatic heterocycles. The van der Waals surface area contributed by atoms with Crippen molar-refractivity contribution in [1.29, 1.82) is 0 Å². The van der Waals surface area contributed by atoms with E-state index in [0.717, 1.165) is 6.07 Å². The van der Waals surface area contributed by atoms with Crippen molar-refractivity contribution in [3.05, 3.63) is 29.6 Å². The fourth-order valence-corrected chi connectivity index (χ4v) is 1.48. The smallest absolute Gasteiger partial charge is 0.232 e. The van der Waals surface area contributed by atoms with Gasteiger partial charge in [0.1, 0.15) is 0 Å². The van der Waals surface area contributed by atoms with Crippen molar-refractivity contribution >= 4 is 15.7 Å². The first kappa shape index (κ1) is 11.8. The molecule has 0 radical (unpaired) electrons. The molecule has 0 spiro atoms. The first-order chi connectivity index (χ1) is 6.87. The Labute approximate surface area is 85.0 Å². The third-order valence-corrected chi connectivity index (χ3v) is 2.97. The molecule has 84 valence electrons. The summed E-state index contributed by atoms with van der Waals surface area (Å²) in [6, 6.07) is 1.47. The van der Waals surface area contributed by atoms with Crippen molar-refractivity contribution in [3.8, 4) is 0 Å². The average Bonchev–Trinajstić information content (AvgIpc) is 2.19. The van der Waals surface area contributed by atoms with Crippen LogP contribution in [0, 0.1) is 17.5 Å². The maximum Gasteiger partial charge on any atom is 0.232 e. The van der Waals surface area contributed by atoms with Crippen molar-refractivity contribution in [3.63, 3.8) is 0 Å². The van der Waals surface area contributed by atoms with Gasteiger partial charge in [0.25, 0.3) is 0 Å². The van der Waals surface area contributed by atoms with E-state index in [-0.39, 0.29) is 5.75 Å². The Morgan fingerprint density at radius 2 is 1.80 bits per heavy atom. The summed E-state index contributed by atoms with van der Waals surface area (Å²) in [5.74, 6) is -4.91. The molecule has 7 heteroatoms. The number of anilines is 1. The molecule has 3 nitrogen and oxygen atoms in total. The molecule has 15 heavy (non-hydrogen) atoms. The molecule has 0 aliphatic carbocycles. The van der Waals surface area contributed by atoms with Crippen LogP contribution in [0.15, 0.2) is 12.1 Å². The van der Waals surface area contributed by atoms with E-state index in [4.69, 9.17) is 0 Å². The fourth-order valence-electron chi connectivity index (χ4n) is 0.844. The Morgan fingerprint density at radius 1 is 1.20 bits per heavy atom. The Hall–Kier alpha value is -1.24. The first-order valence-corrected chi connectivity index (χ1v) is 5.66. The SMILES string of the molecule is CCS(=O)(=O)Nc1ccc(F)c(F)c1F. The highest BCUT2D eigenvalue weighted by molar-refractivity contribution is 7.92. The van der Waals surface area contributed by atoms with Crippen molar-refractivity contribution in [2.45, 2.75) is 6.92 Å². The van der Waals surface area contributed by atoms with Gasteiger partial charge in [-0.1, -0.05) is 0 Å². The molecular formula is C8H8F3NO2S. The highest BCUT2D eigenvalue weighted by Gasteiger charge is 2.16. The van der Waals surface area contributed by atoms with Crippen molar-refractivity contribution in [2.75, 3.05) is 10.5 Å². The van der Waals surface area contributed by atoms with Crippen molar-refractivity contribution < 1.29 is 21.6 Å². The zero-order valence-corrected chi connectivity index (χ0v) is 8.54. The van der Waals surface area contributed by atoms with E-state index in [9.17, 15) is 21.6 Å². The summed E-state index contributed by atoms with van der Waals surface area (Å²) in [6.45, 7) is 1.33. The summed E-state index contributed by atoms with van der Waals surface area (Å²) in [5.41, 5.74) is -0.601. The lowest BCUT2D eigenvalue weighted by atomic mass is 10.3. The molecule has 1 aromatic carbocycles. The van der Waals surface area contributed by atoms with Crippen LogP contribution in [0.2, 0.25) is 0 Å². The van der Waals surface area contributed by atoms with Gasteiger partial charge in [0, 0.05) is 0 Å². The molecule has 0 fully saturated rings. The zero-order chi connectivity index (χ0) is 11.6. The predicted molar refractivity (Wildman–Crippen MR) is 49.4 cm³/mol. The second kappa shape index (κ2) is 4.09. The first-order valence-electron chi connectivity index (χ1n) is 4.01. The van der Waals surface area contributed by atoms with Crippen molar-refractivity contribution in [1.82, 2.24) is 0 Å². The van der Waals surface area contributed by atoms with Crippen LogP contribution in [0.25, 0.3) is 0 Å². The van der Waals surface area contributed by atoms with Crippen molar-refractivity contribution in [2.24, 2.45) is 0 Å². The molecule has 0 unspecified atom stereocenters. The number of halogens is 3. The molecule has 0 saturated carbocycles. The van der Waals surface area contributed by atoms with Gasteiger partial charge >= 0.3 is 0 Å². The van der Waals surface area contributed by atoms with Crippen LogP contribution < -0.4 is 4.72 Å². The van der Waals surface area contributed by atoms with E-state index in [0.29, 0.717) is 6.07 Å². The largest absolute Gasteiger partial charge is 0.280 e. The summed E-state index contributed by atoms with van der Waals surface area (Å²) in [4.78, 5) is 0. The molecule has 0 saturated heterocycles. The van der Waals surface area contributed by atoms with Gasteiger partial charge < -0.3 is 0 Å². The van der Waals surface area contributed by atoms with Gasteiger partial charge in [0.15, 0.2) is 17.5 Å². The molecule has 1 N–H and O–H groups in total. The molecule has 0 atom stereocenters. The minimum absolute atomic E-state index is 0.286. The quantitative estimate of drug-likeness (QED) is 0.818. The standard InChI is InChI=1S/C8H8F3NO2S/c1-2-15(13,14)12-6-4-3-5(9)7(10)8(6)11/h3-4,12H,2H2,1H3. The minimum Gasteiger partial charge on any atom is -0.280 e. The van der Waals surface area contributed by atoms with E-state index in [1.165, 1.54) is 6.92 Å². The maximum absolute atomic E-state index is 13.0. The van der Waals surface area contributed by atoms with Gasteiger partial charge in [-0.2, -0.15) is 0 Å². The Balaban J connectivity index is 3.13.